The molecule has 5 heteroatoms. The van der Waals surface area contributed by atoms with Gasteiger partial charge in [0.1, 0.15) is 11.6 Å². The van der Waals surface area contributed by atoms with E-state index in [1.807, 2.05) is 6.92 Å². The van der Waals surface area contributed by atoms with E-state index in [0.29, 0.717) is 18.8 Å². The van der Waals surface area contributed by atoms with Crippen molar-refractivity contribution in [2.75, 3.05) is 19.7 Å². The van der Waals surface area contributed by atoms with Crippen molar-refractivity contribution in [3.63, 3.8) is 0 Å². The molecule has 0 spiro atoms. The summed E-state index contributed by atoms with van der Waals surface area (Å²) in [6.07, 6.45) is 1.30. The number of amides is 1. The zero-order valence-corrected chi connectivity index (χ0v) is 12.2. The minimum absolute atomic E-state index is 0.0614. The molecule has 0 aliphatic heterocycles. The van der Waals surface area contributed by atoms with E-state index in [1.54, 1.807) is 6.07 Å². The Labute approximate surface area is 119 Å². The maximum absolute atomic E-state index is 13.5. The predicted octanol–water partition coefficient (Wildman–Crippen LogP) is 2.23. The smallest absolute Gasteiger partial charge is 0.223 e. The van der Waals surface area contributed by atoms with Crippen molar-refractivity contribution >= 4 is 5.91 Å². The zero-order valence-electron chi connectivity index (χ0n) is 12.2. The highest BCUT2D eigenvalue weighted by molar-refractivity contribution is 5.75. The maximum Gasteiger partial charge on any atom is 0.223 e. The molecule has 20 heavy (non-hydrogen) atoms. The van der Waals surface area contributed by atoms with Gasteiger partial charge in [-0.15, -0.1) is 0 Å². The summed E-state index contributed by atoms with van der Waals surface area (Å²) in [4.78, 5) is 11.3. The predicted molar refractivity (Wildman–Crippen MR) is 77.2 cm³/mol. The molecule has 112 valence electrons. The molecule has 4 nitrogen and oxygen atoms in total. The van der Waals surface area contributed by atoms with Gasteiger partial charge in [-0.05, 0) is 37.6 Å². The van der Waals surface area contributed by atoms with Gasteiger partial charge in [0, 0.05) is 19.2 Å². The van der Waals surface area contributed by atoms with Crippen molar-refractivity contribution in [1.29, 1.82) is 0 Å². The Balaban J connectivity index is 2.46. The number of benzene rings is 1. The molecule has 0 heterocycles. The van der Waals surface area contributed by atoms with E-state index in [-0.39, 0.29) is 24.8 Å². The van der Waals surface area contributed by atoms with Crippen molar-refractivity contribution in [3.05, 3.63) is 29.6 Å². The molecule has 0 radical (unpaired) electrons. The molecule has 0 bridgehead atoms. The average Bonchev–Trinajstić information content (AvgIpc) is 2.39. The van der Waals surface area contributed by atoms with Crippen LogP contribution in [0.3, 0.4) is 0 Å². The van der Waals surface area contributed by atoms with E-state index >= 15 is 0 Å². The zero-order chi connectivity index (χ0) is 14.8. The second-order valence-corrected chi connectivity index (χ2v) is 4.52. The third-order valence-electron chi connectivity index (χ3n) is 2.66. The lowest BCUT2D eigenvalue weighted by Gasteiger charge is -2.09. The van der Waals surface area contributed by atoms with Crippen molar-refractivity contribution in [2.24, 2.45) is 0 Å². The van der Waals surface area contributed by atoms with Crippen LogP contribution < -0.4 is 15.4 Å². The average molecular weight is 282 g/mol. The Morgan fingerprint density at radius 2 is 2.10 bits per heavy atom. The van der Waals surface area contributed by atoms with E-state index in [0.717, 1.165) is 18.5 Å². The third kappa shape index (κ3) is 6.52. The molecule has 1 aromatic carbocycles. The third-order valence-corrected chi connectivity index (χ3v) is 2.66. The summed E-state index contributed by atoms with van der Waals surface area (Å²) < 4.78 is 18.9. The van der Waals surface area contributed by atoms with Gasteiger partial charge in [-0.3, -0.25) is 4.79 Å². The summed E-state index contributed by atoms with van der Waals surface area (Å²) in [5.74, 6) is 0.0742. The SMILES string of the molecule is CCCNCc1cc(F)cc(OCCC(=O)NCC)c1. The Hall–Kier alpha value is -1.62. The Kier molecular flexibility index (Phi) is 7.65. The number of halogens is 1. The summed E-state index contributed by atoms with van der Waals surface area (Å²) in [5, 5.41) is 5.90. The number of carbonyl (C=O) groups excluding carboxylic acids is 1. The first kappa shape index (κ1) is 16.4. The lowest BCUT2D eigenvalue weighted by Crippen LogP contribution is -2.24. The highest BCUT2D eigenvalue weighted by atomic mass is 19.1. The first-order chi connectivity index (χ1) is 9.65. The van der Waals surface area contributed by atoms with Crippen molar-refractivity contribution in [3.8, 4) is 5.75 Å². The molecule has 0 aromatic heterocycles. The van der Waals surface area contributed by atoms with Crippen LogP contribution in [-0.2, 0) is 11.3 Å². The van der Waals surface area contributed by atoms with Crippen LogP contribution in [0.15, 0.2) is 18.2 Å². The summed E-state index contributed by atoms with van der Waals surface area (Å²) in [6, 6.07) is 4.61. The molecule has 1 amide bonds. The van der Waals surface area contributed by atoms with Gasteiger partial charge >= 0.3 is 0 Å². The van der Waals surface area contributed by atoms with Gasteiger partial charge in [-0.25, -0.2) is 4.39 Å². The number of rotatable bonds is 9. The molecule has 0 aliphatic rings. The van der Waals surface area contributed by atoms with Gasteiger partial charge in [-0.2, -0.15) is 0 Å². The van der Waals surface area contributed by atoms with Crippen LogP contribution in [0.25, 0.3) is 0 Å². The first-order valence-corrected chi connectivity index (χ1v) is 7.05. The van der Waals surface area contributed by atoms with Gasteiger partial charge < -0.3 is 15.4 Å². The van der Waals surface area contributed by atoms with Gasteiger partial charge in [-0.1, -0.05) is 6.92 Å². The molecule has 0 atom stereocenters. The number of hydrogen-bond acceptors (Lipinski definition) is 3. The molecule has 2 N–H and O–H groups in total. The minimum atomic E-state index is -0.325. The van der Waals surface area contributed by atoms with Crippen LogP contribution in [0.4, 0.5) is 4.39 Å². The van der Waals surface area contributed by atoms with E-state index in [2.05, 4.69) is 17.6 Å². The van der Waals surface area contributed by atoms with Crippen molar-refractivity contribution < 1.29 is 13.9 Å². The molecule has 1 rings (SSSR count). The van der Waals surface area contributed by atoms with Crippen LogP contribution in [0.5, 0.6) is 5.75 Å². The molecule has 0 aliphatic carbocycles. The maximum atomic E-state index is 13.5. The minimum Gasteiger partial charge on any atom is -0.493 e. The highest BCUT2D eigenvalue weighted by Gasteiger charge is 2.04. The molecular formula is C15H23FN2O2. The van der Waals surface area contributed by atoms with Gasteiger partial charge in [0.05, 0.1) is 13.0 Å². The Morgan fingerprint density at radius 3 is 2.80 bits per heavy atom. The summed E-state index contributed by atoms with van der Waals surface area (Å²) in [7, 11) is 0. The first-order valence-electron chi connectivity index (χ1n) is 7.05. The van der Waals surface area contributed by atoms with E-state index in [9.17, 15) is 9.18 Å². The van der Waals surface area contributed by atoms with E-state index in [1.165, 1.54) is 12.1 Å². The fourth-order valence-electron chi connectivity index (χ4n) is 1.76. The lowest BCUT2D eigenvalue weighted by molar-refractivity contribution is -0.121. The molecular weight excluding hydrogens is 259 g/mol. The Morgan fingerprint density at radius 1 is 1.30 bits per heavy atom. The second-order valence-electron chi connectivity index (χ2n) is 4.52. The normalized spacial score (nSPS) is 10.3. The number of nitrogens with one attached hydrogen (secondary N) is 2. The van der Waals surface area contributed by atoms with E-state index < -0.39 is 0 Å². The number of carbonyl (C=O) groups is 1. The second kappa shape index (κ2) is 9.31. The van der Waals surface area contributed by atoms with Crippen LogP contribution >= 0.6 is 0 Å². The largest absolute Gasteiger partial charge is 0.493 e. The highest BCUT2D eigenvalue weighted by Crippen LogP contribution is 2.16. The molecule has 0 saturated carbocycles. The van der Waals surface area contributed by atoms with Gasteiger partial charge in [0.25, 0.3) is 0 Å². The molecule has 0 saturated heterocycles. The summed E-state index contributed by atoms with van der Waals surface area (Å²) in [6.45, 7) is 6.29. The fourth-order valence-corrected chi connectivity index (χ4v) is 1.76. The fraction of sp³-hybridized carbons (Fsp3) is 0.533. The molecule has 0 fully saturated rings. The van der Waals surface area contributed by atoms with Gasteiger partial charge in [0.15, 0.2) is 0 Å². The number of ether oxygens (including phenoxy) is 1. The summed E-state index contributed by atoms with van der Waals surface area (Å²) in [5.41, 5.74) is 0.839. The van der Waals surface area contributed by atoms with Crippen molar-refractivity contribution in [1.82, 2.24) is 10.6 Å². The van der Waals surface area contributed by atoms with Crippen molar-refractivity contribution in [2.45, 2.75) is 33.2 Å². The van der Waals surface area contributed by atoms with Crippen LogP contribution in [-0.4, -0.2) is 25.6 Å². The van der Waals surface area contributed by atoms with Crippen LogP contribution in [0, 0.1) is 5.82 Å². The Bertz CT molecular complexity index is 424. The quantitative estimate of drug-likeness (QED) is 0.683. The molecule has 0 unspecified atom stereocenters. The van der Waals surface area contributed by atoms with E-state index in [4.69, 9.17) is 4.74 Å². The molecule has 1 aromatic rings. The summed E-state index contributed by atoms with van der Waals surface area (Å²) >= 11 is 0. The monoisotopic (exact) mass is 282 g/mol. The van der Waals surface area contributed by atoms with Crippen LogP contribution in [0.2, 0.25) is 0 Å². The standard InChI is InChI=1S/C15H23FN2O2/c1-3-6-17-11-12-8-13(16)10-14(9-12)20-7-5-15(19)18-4-2/h8-10,17H,3-7,11H2,1-2H3,(H,18,19). The van der Waals surface area contributed by atoms with Gasteiger partial charge in [0.2, 0.25) is 5.91 Å². The number of hydrogen-bond donors (Lipinski definition) is 2. The topological polar surface area (TPSA) is 50.4 Å². The lowest BCUT2D eigenvalue weighted by atomic mass is 10.2. The van der Waals surface area contributed by atoms with Crippen LogP contribution in [0.1, 0.15) is 32.3 Å².